The molecule has 1 heterocycles. The number of hydrogen-bond acceptors (Lipinski definition) is 4. The van der Waals surface area contributed by atoms with Gasteiger partial charge in [-0.1, -0.05) is 0 Å². The minimum atomic E-state index is -0.128. The Labute approximate surface area is 142 Å². The van der Waals surface area contributed by atoms with Crippen LogP contribution in [0.3, 0.4) is 0 Å². The maximum Gasteiger partial charge on any atom is 0.253 e. The predicted octanol–water partition coefficient (Wildman–Crippen LogP) is 2.01. The molecular formula is C18H25N3O3. The van der Waals surface area contributed by atoms with Crippen molar-refractivity contribution in [2.75, 3.05) is 43.6 Å². The van der Waals surface area contributed by atoms with Crippen LogP contribution in [0.15, 0.2) is 18.2 Å². The maximum atomic E-state index is 12.6. The van der Waals surface area contributed by atoms with Gasteiger partial charge in [-0.05, 0) is 43.9 Å². The van der Waals surface area contributed by atoms with E-state index >= 15 is 0 Å². The van der Waals surface area contributed by atoms with Crippen LogP contribution in [0.2, 0.25) is 0 Å². The molecule has 0 atom stereocenters. The first-order valence-corrected chi connectivity index (χ1v) is 8.66. The van der Waals surface area contributed by atoms with Crippen molar-refractivity contribution in [3.8, 4) is 0 Å². The van der Waals surface area contributed by atoms with E-state index in [4.69, 9.17) is 4.74 Å². The van der Waals surface area contributed by atoms with E-state index < -0.39 is 0 Å². The van der Waals surface area contributed by atoms with E-state index in [1.807, 2.05) is 12.1 Å². The number of carbonyl (C=O) groups excluding carboxylic acids is 2. The summed E-state index contributed by atoms with van der Waals surface area (Å²) in [6.45, 7) is 2.87. The summed E-state index contributed by atoms with van der Waals surface area (Å²) in [5.74, 6) is 0.0633. The standard InChI is InChI=1S/C18H25N3O3/c1-24-11-8-19-18(23)15-12-14(20-17(22)13-4-5-13)6-7-16(15)21-9-2-3-10-21/h6-7,12-13H,2-5,8-11H2,1H3,(H,19,23)(H,20,22). The summed E-state index contributed by atoms with van der Waals surface area (Å²) in [4.78, 5) is 26.8. The fourth-order valence-electron chi connectivity index (χ4n) is 2.98. The van der Waals surface area contributed by atoms with Crippen LogP contribution in [0, 0.1) is 5.92 Å². The van der Waals surface area contributed by atoms with Gasteiger partial charge in [-0.2, -0.15) is 0 Å². The number of rotatable bonds is 7. The van der Waals surface area contributed by atoms with Crippen molar-refractivity contribution >= 4 is 23.2 Å². The number of ether oxygens (including phenoxy) is 1. The summed E-state index contributed by atoms with van der Waals surface area (Å²) in [6.07, 6.45) is 4.21. The smallest absolute Gasteiger partial charge is 0.253 e. The quantitative estimate of drug-likeness (QED) is 0.750. The maximum absolute atomic E-state index is 12.6. The largest absolute Gasteiger partial charge is 0.383 e. The number of amides is 2. The molecule has 0 aromatic heterocycles. The average molecular weight is 331 g/mol. The summed E-state index contributed by atoms with van der Waals surface area (Å²) >= 11 is 0. The lowest BCUT2D eigenvalue weighted by Crippen LogP contribution is -2.30. The van der Waals surface area contributed by atoms with Gasteiger partial charge < -0.3 is 20.3 Å². The lowest BCUT2D eigenvalue weighted by Gasteiger charge is -2.22. The monoisotopic (exact) mass is 331 g/mol. The molecule has 1 aromatic carbocycles. The van der Waals surface area contributed by atoms with E-state index in [-0.39, 0.29) is 17.7 Å². The highest BCUT2D eigenvalue weighted by Gasteiger charge is 2.30. The fraction of sp³-hybridized carbons (Fsp3) is 0.556. The normalized spacial score (nSPS) is 17.0. The third-order valence-corrected chi connectivity index (χ3v) is 4.50. The Hall–Kier alpha value is -2.08. The summed E-state index contributed by atoms with van der Waals surface area (Å²) in [5.41, 5.74) is 2.24. The SMILES string of the molecule is COCCNC(=O)c1cc(NC(=O)C2CC2)ccc1N1CCCC1. The molecule has 3 rings (SSSR count). The molecule has 24 heavy (non-hydrogen) atoms. The van der Waals surface area contributed by atoms with Gasteiger partial charge in [0.15, 0.2) is 0 Å². The molecule has 1 saturated heterocycles. The van der Waals surface area contributed by atoms with E-state index in [0.717, 1.165) is 44.5 Å². The van der Waals surface area contributed by atoms with Crippen molar-refractivity contribution in [1.29, 1.82) is 0 Å². The zero-order valence-corrected chi connectivity index (χ0v) is 14.1. The van der Waals surface area contributed by atoms with Crippen LogP contribution in [0.25, 0.3) is 0 Å². The van der Waals surface area contributed by atoms with Gasteiger partial charge in [0.25, 0.3) is 5.91 Å². The first kappa shape index (κ1) is 16.8. The molecule has 1 aliphatic heterocycles. The Kier molecular flexibility index (Phi) is 5.35. The summed E-state index contributed by atoms with van der Waals surface area (Å²) in [6, 6.07) is 5.62. The Morgan fingerprint density at radius 3 is 2.67 bits per heavy atom. The second-order valence-electron chi connectivity index (χ2n) is 6.44. The molecule has 1 aromatic rings. The van der Waals surface area contributed by atoms with Crippen LogP contribution in [0.5, 0.6) is 0 Å². The Balaban J connectivity index is 1.79. The molecule has 2 amide bonds. The zero-order valence-electron chi connectivity index (χ0n) is 14.1. The molecule has 6 nitrogen and oxygen atoms in total. The van der Waals surface area contributed by atoms with Gasteiger partial charge in [0, 0.05) is 44.0 Å². The zero-order chi connectivity index (χ0) is 16.9. The van der Waals surface area contributed by atoms with E-state index in [0.29, 0.717) is 24.4 Å². The molecule has 0 unspecified atom stereocenters. The number of methoxy groups -OCH3 is 1. The van der Waals surface area contributed by atoms with Crippen LogP contribution < -0.4 is 15.5 Å². The molecule has 2 aliphatic rings. The number of carbonyl (C=O) groups is 2. The topological polar surface area (TPSA) is 70.7 Å². The van der Waals surface area contributed by atoms with Crippen molar-refractivity contribution in [2.45, 2.75) is 25.7 Å². The summed E-state index contributed by atoms with van der Waals surface area (Å²) < 4.78 is 4.99. The van der Waals surface area contributed by atoms with E-state index in [1.54, 1.807) is 13.2 Å². The highest BCUT2D eigenvalue weighted by molar-refractivity contribution is 6.02. The van der Waals surface area contributed by atoms with Gasteiger partial charge in [-0.3, -0.25) is 9.59 Å². The van der Waals surface area contributed by atoms with E-state index in [2.05, 4.69) is 15.5 Å². The molecule has 0 spiro atoms. The van der Waals surface area contributed by atoms with Gasteiger partial charge in [-0.25, -0.2) is 0 Å². The number of anilines is 2. The molecule has 1 saturated carbocycles. The minimum absolute atomic E-state index is 0.0506. The number of nitrogens with one attached hydrogen (secondary N) is 2. The first-order chi connectivity index (χ1) is 11.7. The fourth-order valence-corrected chi connectivity index (χ4v) is 2.98. The Bertz CT molecular complexity index is 608. The molecule has 0 bridgehead atoms. The van der Waals surface area contributed by atoms with Crippen molar-refractivity contribution in [2.24, 2.45) is 5.92 Å². The second kappa shape index (κ2) is 7.66. The lowest BCUT2D eigenvalue weighted by atomic mass is 10.1. The summed E-state index contributed by atoms with van der Waals surface area (Å²) in [7, 11) is 1.61. The highest BCUT2D eigenvalue weighted by Crippen LogP contribution is 2.32. The number of hydrogen-bond donors (Lipinski definition) is 2. The van der Waals surface area contributed by atoms with Gasteiger partial charge in [0.05, 0.1) is 12.2 Å². The molecular weight excluding hydrogens is 306 g/mol. The highest BCUT2D eigenvalue weighted by atomic mass is 16.5. The van der Waals surface area contributed by atoms with Gasteiger partial charge in [0.1, 0.15) is 0 Å². The Morgan fingerprint density at radius 2 is 2.00 bits per heavy atom. The van der Waals surface area contributed by atoms with Crippen LogP contribution in [0.4, 0.5) is 11.4 Å². The minimum Gasteiger partial charge on any atom is -0.383 e. The molecule has 2 N–H and O–H groups in total. The third-order valence-electron chi connectivity index (χ3n) is 4.50. The van der Waals surface area contributed by atoms with Crippen molar-refractivity contribution in [3.63, 3.8) is 0 Å². The molecule has 2 fully saturated rings. The van der Waals surface area contributed by atoms with Crippen molar-refractivity contribution in [3.05, 3.63) is 23.8 Å². The van der Waals surface area contributed by atoms with Gasteiger partial charge in [0.2, 0.25) is 5.91 Å². The van der Waals surface area contributed by atoms with Crippen LogP contribution in [-0.4, -0.2) is 45.2 Å². The van der Waals surface area contributed by atoms with Gasteiger partial charge >= 0.3 is 0 Å². The van der Waals surface area contributed by atoms with Gasteiger partial charge in [-0.15, -0.1) is 0 Å². The van der Waals surface area contributed by atoms with E-state index in [9.17, 15) is 9.59 Å². The summed E-state index contributed by atoms with van der Waals surface area (Å²) in [5, 5.41) is 5.80. The lowest BCUT2D eigenvalue weighted by molar-refractivity contribution is -0.117. The molecule has 130 valence electrons. The number of benzene rings is 1. The third kappa shape index (κ3) is 4.06. The average Bonchev–Trinajstić information content (AvgIpc) is 3.30. The first-order valence-electron chi connectivity index (χ1n) is 8.66. The van der Waals surface area contributed by atoms with Crippen molar-refractivity contribution < 1.29 is 14.3 Å². The molecule has 0 radical (unpaired) electrons. The second-order valence-corrected chi connectivity index (χ2v) is 6.44. The van der Waals surface area contributed by atoms with Crippen LogP contribution >= 0.6 is 0 Å². The molecule has 1 aliphatic carbocycles. The van der Waals surface area contributed by atoms with Crippen LogP contribution in [-0.2, 0) is 9.53 Å². The van der Waals surface area contributed by atoms with Crippen molar-refractivity contribution in [1.82, 2.24) is 5.32 Å². The Morgan fingerprint density at radius 1 is 1.25 bits per heavy atom. The van der Waals surface area contributed by atoms with Crippen LogP contribution in [0.1, 0.15) is 36.0 Å². The number of nitrogens with zero attached hydrogens (tertiary/aromatic N) is 1. The van der Waals surface area contributed by atoms with E-state index in [1.165, 1.54) is 0 Å². The molecule has 6 heteroatoms. The predicted molar refractivity (Wildman–Crippen MR) is 93.5 cm³/mol.